The molecule has 9 heteroatoms. The van der Waals surface area contributed by atoms with Gasteiger partial charge in [0.1, 0.15) is 29.5 Å². The maximum atomic E-state index is 12.0. The van der Waals surface area contributed by atoms with Gasteiger partial charge in [-0.3, -0.25) is 9.78 Å². The number of hydrogen-bond acceptors (Lipinski definition) is 7. The van der Waals surface area contributed by atoms with Crippen LogP contribution in [0.1, 0.15) is 12.0 Å². The molecule has 4 N–H and O–H groups in total. The van der Waals surface area contributed by atoms with Crippen molar-refractivity contribution in [3.63, 3.8) is 0 Å². The summed E-state index contributed by atoms with van der Waals surface area (Å²) in [5.41, 5.74) is -1.51. The number of fused-ring (bicyclic) bond motifs is 1. The molecular formula is C12H14N2O7. The van der Waals surface area contributed by atoms with Gasteiger partial charge in [-0.15, -0.1) is 0 Å². The third kappa shape index (κ3) is 2.02. The zero-order chi connectivity index (χ0) is 15.3. The summed E-state index contributed by atoms with van der Waals surface area (Å²) in [7, 11) is 0. The normalized spacial score (nSPS) is 29.3. The first kappa shape index (κ1) is 14.0. The van der Waals surface area contributed by atoms with Crippen LogP contribution in [0.5, 0.6) is 0 Å². The highest BCUT2D eigenvalue weighted by Crippen LogP contribution is 2.30. The molecule has 3 rings (SSSR count). The van der Waals surface area contributed by atoms with E-state index >= 15 is 0 Å². The number of furan rings is 1. The Kier molecular flexibility index (Phi) is 3.21. The lowest BCUT2D eigenvalue weighted by Crippen LogP contribution is -2.38. The maximum Gasteiger partial charge on any atom is 0.333 e. The zero-order valence-corrected chi connectivity index (χ0v) is 11.0. The fourth-order valence-corrected chi connectivity index (χ4v) is 2.48. The van der Waals surface area contributed by atoms with E-state index in [2.05, 4.69) is 4.98 Å². The van der Waals surface area contributed by atoms with Crippen molar-refractivity contribution in [2.24, 2.45) is 0 Å². The largest absolute Gasteiger partial charge is 0.444 e. The van der Waals surface area contributed by atoms with Gasteiger partial charge in [0.15, 0.2) is 6.23 Å². The van der Waals surface area contributed by atoms with Crippen LogP contribution < -0.4 is 11.2 Å². The molecule has 0 bridgehead atoms. The number of H-pyrrole nitrogens is 1. The number of aryl methyl sites for hydroxylation is 1. The predicted octanol–water partition coefficient (Wildman–Crippen LogP) is -1.80. The average Bonchev–Trinajstić information content (AvgIpc) is 2.94. The number of aromatic nitrogens is 2. The number of hydrogen-bond donors (Lipinski definition) is 4. The van der Waals surface area contributed by atoms with Gasteiger partial charge in [0.25, 0.3) is 5.56 Å². The molecule has 0 aromatic carbocycles. The van der Waals surface area contributed by atoms with Crippen molar-refractivity contribution in [3.8, 4) is 0 Å². The predicted molar refractivity (Wildman–Crippen MR) is 68.8 cm³/mol. The van der Waals surface area contributed by atoms with Crippen LogP contribution in [-0.4, -0.2) is 49.8 Å². The van der Waals surface area contributed by atoms with E-state index in [-0.39, 0.29) is 11.1 Å². The Morgan fingerprint density at radius 3 is 2.67 bits per heavy atom. The van der Waals surface area contributed by atoms with Crippen molar-refractivity contribution in [1.82, 2.24) is 9.55 Å². The van der Waals surface area contributed by atoms with E-state index in [1.807, 2.05) is 0 Å². The van der Waals surface area contributed by atoms with Gasteiger partial charge in [-0.25, -0.2) is 9.36 Å². The second-order valence-corrected chi connectivity index (χ2v) is 4.93. The van der Waals surface area contributed by atoms with Gasteiger partial charge in [0.2, 0.25) is 5.71 Å². The smallest absolute Gasteiger partial charge is 0.333 e. The van der Waals surface area contributed by atoms with Crippen molar-refractivity contribution in [2.45, 2.75) is 31.5 Å². The van der Waals surface area contributed by atoms with E-state index < -0.39 is 42.4 Å². The fourth-order valence-electron chi connectivity index (χ4n) is 2.48. The number of aromatic amines is 1. The lowest BCUT2D eigenvalue weighted by Gasteiger charge is -2.17. The molecule has 1 aliphatic heterocycles. The number of ether oxygens (including phenoxy) is 1. The molecule has 0 radical (unpaired) electrons. The third-order valence-electron chi connectivity index (χ3n) is 3.51. The average molecular weight is 298 g/mol. The molecule has 3 heterocycles. The minimum Gasteiger partial charge on any atom is -0.444 e. The van der Waals surface area contributed by atoms with E-state index in [4.69, 9.17) is 14.3 Å². The molecule has 0 saturated carbocycles. The quantitative estimate of drug-likeness (QED) is 0.513. The Hall–Kier alpha value is -1.94. The molecule has 0 spiro atoms. The second-order valence-electron chi connectivity index (χ2n) is 4.93. The summed E-state index contributed by atoms with van der Waals surface area (Å²) in [5, 5.41) is 29.0. The van der Waals surface area contributed by atoms with Crippen molar-refractivity contribution in [2.75, 3.05) is 6.61 Å². The van der Waals surface area contributed by atoms with Crippen molar-refractivity contribution < 1.29 is 24.5 Å². The SMILES string of the molecule is Cc1cc2c(=O)[nH]c(=O)n([C@@H]3O[C@H](CO)[C@@H](O)[C@H]3O)c2o1. The van der Waals surface area contributed by atoms with Crippen LogP contribution in [-0.2, 0) is 4.74 Å². The molecule has 2 aromatic heterocycles. The summed E-state index contributed by atoms with van der Waals surface area (Å²) in [4.78, 5) is 25.8. The number of aliphatic hydroxyl groups is 3. The molecule has 1 saturated heterocycles. The van der Waals surface area contributed by atoms with Gasteiger partial charge >= 0.3 is 5.69 Å². The minimum atomic E-state index is -1.45. The highest BCUT2D eigenvalue weighted by atomic mass is 16.6. The van der Waals surface area contributed by atoms with Crippen LogP contribution in [0.3, 0.4) is 0 Å². The maximum absolute atomic E-state index is 12.0. The Balaban J connectivity index is 2.21. The van der Waals surface area contributed by atoms with Crippen LogP contribution in [0.2, 0.25) is 0 Å². The van der Waals surface area contributed by atoms with Gasteiger partial charge in [-0.05, 0) is 13.0 Å². The molecule has 0 amide bonds. The Bertz CT molecular complexity index is 789. The number of aliphatic hydroxyl groups excluding tert-OH is 3. The van der Waals surface area contributed by atoms with E-state index in [0.29, 0.717) is 5.76 Å². The van der Waals surface area contributed by atoms with Crippen LogP contribution in [0.15, 0.2) is 20.1 Å². The molecule has 114 valence electrons. The highest BCUT2D eigenvalue weighted by Gasteiger charge is 2.44. The van der Waals surface area contributed by atoms with Gasteiger partial charge < -0.3 is 24.5 Å². The van der Waals surface area contributed by atoms with E-state index in [9.17, 15) is 19.8 Å². The minimum absolute atomic E-state index is 0.0592. The standard InChI is InChI=1S/C12H14N2O7/c1-4-2-5-9(18)13-12(19)14(10(5)20-4)11-8(17)7(16)6(3-15)21-11/h2,6-8,11,15-17H,3H2,1H3,(H,13,18,19)/t6-,7-,8-,11-/m1/s1. The fraction of sp³-hybridized carbons (Fsp3) is 0.500. The first-order valence-electron chi connectivity index (χ1n) is 6.31. The summed E-state index contributed by atoms with van der Waals surface area (Å²) >= 11 is 0. The molecule has 2 aromatic rings. The Morgan fingerprint density at radius 2 is 2.05 bits per heavy atom. The van der Waals surface area contributed by atoms with Gasteiger partial charge in [0, 0.05) is 0 Å². The third-order valence-corrected chi connectivity index (χ3v) is 3.51. The first-order valence-corrected chi connectivity index (χ1v) is 6.31. The van der Waals surface area contributed by atoms with Gasteiger partial charge in [-0.2, -0.15) is 0 Å². The molecule has 9 nitrogen and oxygen atoms in total. The molecular weight excluding hydrogens is 284 g/mol. The lowest BCUT2D eigenvalue weighted by atomic mass is 10.1. The van der Waals surface area contributed by atoms with Crippen LogP contribution >= 0.6 is 0 Å². The summed E-state index contributed by atoms with van der Waals surface area (Å²) in [6.07, 6.45) is -5.10. The Morgan fingerprint density at radius 1 is 1.33 bits per heavy atom. The summed E-state index contributed by atoms with van der Waals surface area (Å²) in [6, 6.07) is 1.45. The van der Waals surface area contributed by atoms with Gasteiger partial charge in [-0.1, -0.05) is 0 Å². The molecule has 21 heavy (non-hydrogen) atoms. The second kappa shape index (κ2) is 4.81. The number of nitrogens with one attached hydrogen (secondary N) is 1. The monoisotopic (exact) mass is 298 g/mol. The van der Waals surface area contributed by atoms with E-state index in [1.54, 1.807) is 6.92 Å². The zero-order valence-electron chi connectivity index (χ0n) is 11.0. The summed E-state index contributed by atoms with van der Waals surface area (Å²) in [5.74, 6) is 0.404. The Labute approximate surface area is 117 Å². The van der Waals surface area contributed by atoms with Crippen LogP contribution in [0.25, 0.3) is 11.1 Å². The first-order chi connectivity index (χ1) is 9.93. The topological polar surface area (TPSA) is 138 Å². The molecule has 1 fully saturated rings. The van der Waals surface area contributed by atoms with Gasteiger partial charge in [0.05, 0.1) is 6.61 Å². The van der Waals surface area contributed by atoms with Crippen LogP contribution in [0.4, 0.5) is 0 Å². The van der Waals surface area contributed by atoms with Crippen molar-refractivity contribution >= 4 is 11.1 Å². The molecule has 0 aliphatic carbocycles. The highest BCUT2D eigenvalue weighted by molar-refractivity contribution is 5.73. The molecule has 4 atom stereocenters. The lowest BCUT2D eigenvalue weighted by molar-refractivity contribution is -0.0539. The summed E-state index contributed by atoms with van der Waals surface area (Å²) in [6.45, 7) is 1.08. The number of nitrogens with zero attached hydrogens (tertiary/aromatic N) is 1. The molecule has 1 aliphatic rings. The van der Waals surface area contributed by atoms with Crippen molar-refractivity contribution in [3.05, 3.63) is 32.7 Å². The number of rotatable bonds is 2. The van der Waals surface area contributed by atoms with E-state index in [0.717, 1.165) is 4.57 Å². The van der Waals surface area contributed by atoms with Crippen LogP contribution in [0, 0.1) is 6.92 Å². The summed E-state index contributed by atoms with van der Waals surface area (Å²) < 4.78 is 11.5. The molecule has 0 unspecified atom stereocenters. The van der Waals surface area contributed by atoms with E-state index in [1.165, 1.54) is 6.07 Å². The van der Waals surface area contributed by atoms with Crippen molar-refractivity contribution in [1.29, 1.82) is 0 Å².